The summed E-state index contributed by atoms with van der Waals surface area (Å²) in [7, 11) is -1.87. The summed E-state index contributed by atoms with van der Waals surface area (Å²) in [4.78, 5) is 4.12. The maximum Gasteiger partial charge on any atom is 0.263 e. The van der Waals surface area contributed by atoms with Crippen molar-refractivity contribution in [3.05, 3.63) is 48.2 Å². The Hall–Kier alpha value is -2.08. The van der Waals surface area contributed by atoms with Crippen molar-refractivity contribution in [3.8, 4) is 0 Å². The summed E-state index contributed by atoms with van der Waals surface area (Å²) in [5.41, 5.74) is 1.53. The van der Waals surface area contributed by atoms with E-state index in [2.05, 4.69) is 15.0 Å². The Morgan fingerprint density at radius 1 is 1.16 bits per heavy atom. The molecule has 19 heavy (non-hydrogen) atoms. The molecule has 0 aliphatic carbocycles. The number of aryl methyl sites for hydroxylation is 1. The Balaban J connectivity index is 2.27. The van der Waals surface area contributed by atoms with Gasteiger partial charge in [0.1, 0.15) is 10.7 Å². The van der Waals surface area contributed by atoms with E-state index in [-0.39, 0.29) is 4.90 Å². The van der Waals surface area contributed by atoms with Gasteiger partial charge in [-0.15, -0.1) is 0 Å². The van der Waals surface area contributed by atoms with Gasteiger partial charge in [0.15, 0.2) is 0 Å². The van der Waals surface area contributed by atoms with Crippen molar-refractivity contribution in [2.75, 3.05) is 17.1 Å². The average Bonchev–Trinajstić information content (AvgIpc) is 2.38. The van der Waals surface area contributed by atoms with E-state index < -0.39 is 10.0 Å². The number of nitrogens with zero attached hydrogens (tertiary/aromatic N) is 1. The van der Waals surface area contributed by atoms with Crippen LogP contribution in [-0.2, 0) is 10.0 Å². The minimum Gasteiger partial charge on any atom is -0.373 e. The highest BCUT2D eigenvalue weighted by Gasteiger charge is 2.14. The molecule has 0 radical (unpaired) electrons. The first-order chi connectivity index (χ1) is 9.01. The summed E-state index contributed by atoms with van der Waals surface area (Å²) in [6.45, 7) is 1.90. The number of pyridine rings is 1. The van der Waals surface area contributed by atoms with Gasteiger partial charge in [0, 0.05) is 18.9 Å². The molecule has 0 aliphatic rings. The van der Waals surface area contributed by atoms with E-state index in [0.29, 0.717) is 11.5 Å². The molecule has 6 heteroatoms. The maximum absolute atomic E-state index is 12.1. The van der Waals surface area contributed by atoms with E-state index in [4.69, 9.17) is 0 Å². The smallest absolute Gasteiger partial charge is 0.263 e. The van der Waals surface area contributed by atoms with Gasteiger partial charge in [-0.2, -0.15) is 0 Å². The molecular weight excluding hydrogens is 262 g/mol. The molecular formula is C13H15N3O2S. The van der Waals surface area contributed by atoms with Crippen LogP contribution in [0.4, 0.5) is 11.5 Å². The van der Waals surface area contributed by atoms with Crippen LogP contribution in [0.5, 0.6) is 0 Å². The molecule has 0 aliphatic heterocycles. The first-order valence-corrected chi connectivity index (χ1v) is 7.23. The molecule has 2 N–H and O–H groups in total. The van der Waals surface area contributed by atoms with Crippen molar-refractivity contribution in [1.82, 2.24) is 4.98 Å². The van der Waals surface area contributed by atoms with Crippen LogP contribution in [0.1, 0.15) is 5.56 Å². The predicted octanol–water partition coefficient (Wildman–Crippen LogP) is 2.23. The molecule has 1 aromatic heterocycles. The molecule has 2 rings (SSSR count). The topological polar surface area (TPSA) is 71.1 Å². The van der Waals surface area contributed by atoms with Crippen LogP contribution in [0, 0.1) is 6.92 Å². The Kier molecular flexibility index (Phi) is 3.71. The molecule has 1 aromatic carbocycles. The van der Waals surface area contributed by atoms with Gasteiger partial charge in [0.25, 0.3) is 10.0 Å². The zero-order valence-corrected chi connectivity index (χ0v) is 11.5. The van der Waals surface area contributed by atoms with Gasteiger partial charge in [-0.25, -0.2) is 13.4 Å². The minimum atomic E-state index is -3.60. The SMILES string of the molecule is CNc1ccc(S(=O)(=O)Nc2cccc(C)c2)cn1. The van der Waals surface area contributed by atoms with Crippen LogP contribution in [-0.4, -0.2) is 20.4 Å². The van der Waals surface area contributed by atoms with Crippen molar-refractivity contribution >= 4 is 21.5 Å². The number of anilines is 2. The molecule has 0 spiro atoms. The number of nitrogens with one attached hydrogen (secondary N) is 2. The Morgan fingerprint density at radius 2 is 1.95 bits per heavy atom. The van der Waals surface area contributed by atoms with Gasteiger partial charge in [-0.1, -0.05) is 12.1 Å². The van der Waals surface area contributed by atoms with Crippen LogP contribution >= 0.6 is 0 Å². The van der Waals surface area contributed by atoms with E-state index in [9.17, 15) is 8.42 Å². The van der Waals surface area contributed by atoms with Crippen molar-refractivity contribution in [3.63, 3.8) is 0 Å². The first kappa shape index (κ1) is 13.4. The molecule has 1 heterocycles. The first-order valence-electron chi connectivity index (χ1n) is 5.74. The molecule has 0 atom stereocenters. The molecule has 0 amide bonds. The van der Waals surface area contributed by atoms with Crippen LogP contribution in [0.2, 0.25) is 0 Å². The van der Waals surface area contributed by atoms with Gasteiger partial charge >= 0.3 is 0 Å². The highest BCUT2D eigenvalue weighted by molar-refractivity contribution is 7.92. The zero-order valence-electron chi connectivity index (χ0n) is 10.7. The lowest BCUT2D eigenvalue weighted by Gasteiger charge is -2.08. The van der Waals surface area contributed by atoms with E-state index in [1.165, 1.54) is 12.3 Å². The van der Waals surface area contributed by atoms with Crippen LogP contribution in [0.25, 0.3) is 0 Å². The lowest BCUT2D eigenvalue weighted by Crippen LogP contribution is -2.13. The monoisotopic (exact) mass is 277 g/mol. The standard InChI is InChI=1S/C13H15N3O2S/c1-10-4-3-5-11(8-10)16-19(17,18)12-6-7-13(14-2)15-9-12/h3-9,16H,1-2H3,(H,14,15). The Bertz CT molecular complexity index is 667. The fourth-order valence-electron chi connectivity index (χ4n) is 1.61. The van der Waals surface area contributed by atoms with Gasteiger partial charge in [0.05, 0.1) is 0 Å². The van der Waals surface area contributed by atoms with Crippen LogP contribution in [0.3, 0.4) is 0 Å². The number of hydrogen-bond acceptors (Lipinski definition) is 4. The molecule has 0 saturated carbocycles. The van der Waals surface area contributed by atoms with Crippen LogP contribution < -0.4 is 10.0 Å². The van der Waals surface area contributed by atoms with Crippen molar-refractivity contribution in [1.29, 1.82) is 0 Å². The normalized spacial score (nSPS) is 11.1. The Labute approximate surface area is 112 Å². The number of rotatable bonds is 4. The number of hydrogen-bond donors (Lipinski definition) is 2. The molecule has 0 bridgehead atoms. The van der Waals surface area contributed by atoms with E-state index >= 15 is 0 Å². The summed E-state index contributed by atoms with van der Waals surface area (Å²) >= 11 is 0. The Morgan fingerprint density at radius 3 is 2.53 bits per heavy atom. The summed E-state index contributed by atoms with van der Waals surface area (Å²) < 4.78 is 26.8. The van der Waals surface area contributed by atoms with Crippen molar-refractivity contribution in [2.24, 2.45) is 0 Å². The van der Waals surface area contributed by atoms with Crippen molar-refractivity contribution < 1.29 is 8.42 Å². The van der Waals surface area contributed by atoms with E-state index in [1.807, 2.05) is 13.0 Å². The van der Waals surface area contributed by atoms with Crippen molar-refractivity contribution in [2.45, 2.75) is 11.8 Å². The third kappa shape index (κ3) is 3.23. The zero-order chi connectivity index (χ0) is 13.9. The fraction of sp³-hybridized carbons (Fsp3) is 0.154. The summed E-state index contributed by atoms with van der Waals surface area (Å²) in [5.74, 6) is 0.620. The molecule has 0 saturated heterocycles. The summed E-state index contributed by atoms with van der Waals surface area (Å²) in [6, 6.07) is 10.3. The quantitative estimate of drug-likeness (QED) is 0.899. The second kappa shape index (κ2) is 5.27. The number of aromatic nitrogens is 1. The maximum atomic E-state index is 12.1. The van der Waals surface area contributed by atoms with Gasteiger partial charge in [-0.3, -0.25) is 4.72 Å². The molecule has 0 unspecified atom stereocenters. The van der Waals surface area contributed by atoms with Gasteiger partial charge in [-0.05, 0) is 36.8 Å². The van der Waals surface area contributed by atoms with Crippen LogP contribution in [0.15, 0.2) is 47.5 Å². The summed E-state index contributed by atoms with van der Waals surface area (Å²) in [6.07, 6.45) is 1.32. The second-order valence-electron chi connectivity index (χ2n) is 4.10. The molecule has 2 aromatic rings. The van der Waals surface area contributed by atoms with Gasteiger partial charge in [0.2, 0.25) is 0 Å². The third-order valence-electron chi connectivity index (χ3n) is 2.57. The lowest BCUT2D eigenvalue weighted by molar-refractivity contribution is 0.601. The largest absolute Gasteiger partial charge is 0.373 e. The highest BCUT2D eigenvalue weighted by atomic mass is 32.2. The molecule has 100 valence electrons. The highest BCUT2D eigenvalue weighted by Crippen LogP contribution is 2.17. The number of benzene rings is 1. The molecule has 0 fully saturated rings. The average molecular weight is 277 g/mol. The minimum absolute atomic E-state index is 0.132. The number of sulfonamides is 1. The van der Waals surface area contributed by atoms with E-state index in [1.54, 1.807) is 31.3 Å². The van der Waals surface area contributed by atoms with Gasteiger partial charge < -0.3 is 5.32 Å². The van der Waals surface area contributed by atoms with E-state index in [0.717, 1.165) is 5.56 Å². The summed E-state index contributed by atoms with van der Waals surface area (Å²) in [5, 5.41) is 2.84. The molecule has 5 nitrogen and oxygen atoms in total. The third-order valence-corrected chi connectivity index (χ3v) is 3.94. The fourth-order valence-corrected chi connectivity index (χ4v) is 2.60. The lowest BCUT2D eigenvalue weighted by atomic mass is 10.2. The second-order valence-corrected chi connectivity index (χ2v) is 5.79. The predicted molar refractivity (Wildman–Crippen MR) is 75.8 cm³/mol.